The first-order chi connectivity index (χ1) is 11.1. The van der Waals surface area contributed by atoms with Crippen molar-refractivity contribution in [3.8, 4) is 11.5 Å². The molecule has 2 heterocycles. The lowest BCUT2D eigenvalue weighted by Gasteiger charge is -2.04. The van der Waals surface area contributed by atoms with Gasteiger partial charge in [0.2, 0.25) is 12.6 Å². The van der Waals surface area contributed by atoms with Crippen LogP contribution in [-0.2, 0) is 6.42 Å². The van der Waals surface area contributed by atoms with Gasteiger partial charge in [0.25, 0.3) is 5.56 Å². The van der Waals surface area contributed by atoms with Gasteiger partial charge >= 0.3 is 5.69 Å². The summed E-state index contributed by atoms with van der Waals surface area (Å²) in [6.45, 7) is 2.09. The Bertz CT molecular complexity index is 855. The molecule has 1 aliphatic heterocycles. The molecule has 1 aromatic heterocycles. The summed E-state index contributed by atoms with van der Waals surface area (Å²) in [5, 5.41) is 9.78. The minimum atomic E-state index is -0.663. The van der Waals surface area contributed by atoms with Crippen LogP contribution in [0.3, 0.4) is 0 Å². The Balaban J connectivity index is 1.59. The molecular weight excluding hydrogens is 302 g/mol. The Morgan fingerprint density at radius 2 is 2.17 bits per heavy atom. The molecule has 0 aliphatic carbocycles. The average Bonchev–Trinajstić information content (AvgIpc) is 2.99. The lowest BCUT2D eigenvalue weighted by Crippen LogP contribution is -2.26. The van der Waals surface area contributed by atoms with Gasteiger partial charge in [-0.3, -0.25) is 15.2 Å². The van der Waals surface area contributed by atoms with Gasteiger partial charge in [-0.2, -0.15) is 5.10 Å². The SMILES string of the molecule is CC(CCc1ccc2c(c1)OCO2)=NNc1n[nH]c(=O)[nH]c1=O. The molecule has 9 nitrogen and oxygen atoms in total. The fraction of sp³-hybridized carbons (Fsp3) is 0.286. The molecular formula is C14H15N5O4. The number of hydrogen-bond donors (Lipinski definition) is 3. The van der Waals surface area contributed by atoms with Gasteiger partial charge in [-0.15, -0.1) is 5.10 Å². The third kappa shape index (κ3) is 3.57. The van der Waals surface area contributed by atoms with E-state index in [1.54, 1.807) is 0 Å². The van der Waals surface area contributed by atoms with Crippen molar-refractivity contribution < 1.29 is 9.47 Å². The van der Waals surface area contributed by atoms with E-state index >= 15 is 0 Å². The lowest BCUT2D eigenvalue weighted by molar-refractivity contribution is 0.174. The van der Waals surface area contributed by atoms with Gasteiger partial charge in [0.1, 0.15) is 0 Å². The summed E-state index contributed by atoms with van der Waals surface area (Å²) in [7, 11) is 0. The summed E-state index contributed by atoms with van der Waals surface area (Å²) < 4.78 is 10.6. The normalized spacial score (nSPS) is 13.2. The largest absolute Gasteiger partial charge is 0.454 e. The first-order valence-electron chi connectivity index (χ1n) is 6.98. The van der Waals surface area contributed by atoms with Gasteiger partial charge in [-0.1, -0.05) is 6.07 Å². The van der Waals surface area contributed by atoms with Gasteiger partial charge in [-0.05, 0) is 37.5 Å². The van der Waals surface area contributed by atoms with E-state index in [2.05, 4.69) is 25.7 Å². The summed E-state index contributed by atoms with van der Waals surface area (Å²) in [6, 6.07) is 5.80. The second-order valence-corrected chi connectivity index (χ2v) is 5.00. The fourth-order valence-electron chi connectivity index (χ4n) is 2.05. The molecule has 0 atom stereocenters. The fourth-order valence-corrected chi connectivity index (χ4v) is 2.05. The Labute approximate surface area is 130 Å². The molecule has 0 fully saturated rings. The number of aromatic amines is 2. The number of nitrogens with zero attached hydrogens (tertiary/aromatic N) is 2. The zero-order valence-corrected chi connectivity index (χ0v) is 12.4. The van der Waals surface area contributed by atoms with E-state index in [-0.39, 0.29) is 12.6 Å². The highest BCUT2D eigenvalue weighted by molar-refractivity contribution is 5.82. The highest BCUT2D eigenvalue weighted by atomic mass is 16.7. The number of nitrogens with one attached hydrogen (secondary N) is 3. The Morgan fingerprint density at radius 1 is 1.35 bits per heavy atom. The molecule has 3 N–H and O–H groups in total. The van der Waals surface area contributed by atoms with Crippen molar-refractivity contribution in [1.29, 1.82) is 0 Å². The summed E-state index contributed by atoms with van der Waals surface area (Å²) in [5.41, 5.74) is 3.14. The molecule has 3 rings (SSSR count). The number of H-pyrrole nitrogens is 2. The molecule has 0 saturated heterocycles. The van der Waals surface area contributed by atoms with Gasteiger partial charge < -0.3 is 9.47 Å². The molecule has 1 aliphatic rings. The summed E-state index contributed by atoms with van der Waals surface area (Å²) >= 11 is 0. The van der Waals surface area contributed by atoms with E-state index in [1.807, 2.05) is 25.1 Å². The molecule has 0 bridgehead atoms. The van der Waals surface area contributed by atoms with Crippen molar-refractivity contribution >= 4 is 11.5 Å². The van der Waals surface area contributed by atoms with Crippen molar-refractivity contribution in [1.82, 2.24) is 15.2 Å². The molecule has 0 saturated carbocycles. The molecule has 9 heteroatoms. The second kappa shape index (κ2) is 6.34. The number of fused-ring (bicyclic) bond motifs is 1. The molecule has 1 aromatic carbocycles. The molecule has 0 spiro atoms. The maximum atomic E-state index is 11.4. The molecule has 0 radical (unpaired) electrons. The topological polar surface area (TPSA) is 121 Å². The van der Waals surface area contributed by atoms with Crippen LogP contribution in [0.2, 0.25) is 0 Å². The maximum Gasteiger partial charge on any atom is 0.342 e. The highest BCUT2D eigenvalue weighted by Gasteiger charge is 2.13. The second-order valence-electron chi connectivity index (χ2n) is 5.00. The van der Waals surface area contributed by atoms with Crippen LogP contribution >= 0.6 is 0 Å². The van der Waals surface area contributed by atoms with Crippen molar-refractivity contribution in [3.63, 3.8) is 0 Å². The van der Waals surface area contributed by atoms with Crippen molar-refractivity contribution in [2.45, 2.75) is 19.8 Å². The van der Waals surface area contributed by atoms with E-state index in [0.29, 0.717) is 6.42 Å². The quantitative estimate of drug-likeness (QED) is 0.548. The number of rotatable bonds is 5. The standard InChI is InChI=1S/C14H15N5O4/c1-8(16-17-12-13(20)15-14(21)19-18-12)2-3-9-4-5-10-11(6-9)23-7-22-10/h4-6H,2-3,7H2,1H3,(H,17,18)(H2,15,19,20,21). The Morgan fingerprint density at radius 3 is 3.00 bits per heavy atom. The maximum absolute atomic E-state index is 11.4. The average molecular weight is 317 g/mol. The minimum Gasteiger partial charge on any atom is -0.454 e. The third-order valence-electron chi connectivity index (χ3n) is 3.28. The number of benzene rings is 1. The van der Waals surface area contributed by atoms with Crippen LogP contribution in [0.5, 0.6) is 11.5 Å². The van der Waals surface area contributed by atoms with Crippen LogP contribution in [0.4, 0.5) is 5.82 Å². The number of hydrazone groups is 1. The van der Waals surface area contributed by atoms with Gasteiger partial charge in [0.05, 0.1) is 0 Å². The van der Waals surface area contributed by atoms with E-state index in [9.17, 15) is 9.59 Å². The number of aromatic nitrogens is 3. The van der Waals surface area contributed by atoms with Gasteiger partial charge in [-0.25, -0.2) is 9.89 Å². The Kier molecular flexibility index (Phi) is 4.09. The monoisotopic (exact) mass is 317 g/mol. The van der Waals surface area contributed by atoms with Gasteiger partial charge in [0.15, 0.2) is 11.5 Å². The number of ether oxygens (including phenoxy) is 2. The zero-order chi connectivity index (χ0) is 16.2. The van der Waals surface area contributed by atoms with Gasteiger partial charge in [0, 0.05) is 5.71 Å². The van der Waals surface area contributed by atoms with E-state index in [4.69, 9.17) is 9.47 Å². The zero-order valence-electron chi connectivity index (χ0n) is 12.4. The van der Waals surface area contributed by atoms with Crippen LogP contribution < -0.4 is 26.1 Å². The summed E-state index contributed by atoms with van der Waals surface area (Å²) in [5.74, 6) is 1.44. The summed E-state index contributed by atoms with van der Waals surface area (Å²) in [4.78, 5) is 24.4. The summed E-state index contributed by atoms with van der Waals surface area (Å²) in [6.07, 6.45) is 1.46. The first-order valence-corrected chi connectivity index (χ1v) is 6.98. The van der Waals surface area contributed by atoms with Crippen molar-refractivity contribution in [3.05, 3.63) is 44.6 Å². The predicted molar refractivity (Wildman–Crippen MR) is 83.1 cm³/mol. The smallest absolute Gasteiger partial charge is 0.342 e. The lowest BCUT2D eigenvalue weighted by atomic mass is 10.1. The molecule has 23 heavy (non-hydrogen) atoms. The molecule has 0 unspecified atom stereocenters. The third-order valence-corrected chi connectivity index (χ3v) is 3.28. The van der Waals surface area contributed by atoms with Crippen molar-refractivity contribution in [2.24, 2.45) is 5.10 Å². The Hall–Kier alpha value is -3.10. The minimum absolute atomic E-state index is 0.0629. The highest BCUT2D eigenvalue weighted by Crippen LogP contribution is 2.32. The predicted octanol–water partition coefficient (Wildman–Crippen LogP) is 0.607. The number of anilines is 1. The van der Waals surface area contributed by atoms with Crippen LogP contribution in [0.25, 0.3) is 0 Å². The molecule has 0 amide bonds. The van der Waals surface area contributed by atoms with Crippen LogP contribution in [-0.4, -0.2) is 27.7 Å². The van der Waals surface area contributed by atoms with Crippen LogP contribution in [0.1, 0.15) is 18.9 Å². The van der Waals surface area contributed by atoms with Crippen LogP contribution in [0.15, 0.2) is 32.9 Å². The van der Waals surface area contributed by atoms with E-state index in [0.717, 1.165) is 29.2 Å². The first kappa shape index (κ1) is 14.8. The number of aryl methyl sites for hydroxylation is 1. The van der Waals surface area contributed by atoms with Crippen LogP contribution in [0, 0.1) is 0 Å². The number of hydrogen-bond acceptors (Lipinski definition) is 7. The van der Waals surface area contributed by atoms with Crippen molar-refractivity contribution in [2.75, 3.05) is 12.2 Å². The molecule has 120 valence electrons. The van der Waals surface area contributed by atoms with E-state index in [1.165, 1.54) is 0 Å². The van der Waals surface area contributed by atoms with E-state index < -0.39 is 11.2 Å². The molecule has 2 aromatic rings.